The monoisotopic (exact) mass is 171 g/mol. The summed E-state index contributed by atoms with van der Waals surface area (Å²) in [5.74, 6) is 10.1. The summed E-state index contributed by atoms with van der Waals surface area (Å²) in [6, 6.07) is 0. The zero-order valence-electron chi connectivity index (χ0n) is 6.11. The highest BCUT2D eigenvalue weighted by atomic mass is 16.1. The van der Waals surface area contributed by atoms with Crippen LogP contribution in [0.15, 0.2) is 4.79 Å². The van der Waals surface area contributed by atoms with Gasteiger partial charge in [0.05, 0.1) is 0 Å². The summed E-state index contributed by atoms with van der Waals surface area (Å²) in [6.45, 7) is 0. The van der Waals surface area contributed by atoms with Crippen molar-refractivity contribution in [1.82, 2.24) is 9.66 Å². The van der Waals surface area contributed by atoms with E-state index in [2.05, 4.69) is 10.4 Å². The lowest BCUT2D eigenvalue weighted by atomic mass is 10.5. The van der Waals surface area contributed by atoms with Crippen LogP contribution in [0.25, 0.3) is 0 Å². The highest BCUT2D eigenvalue weighted by Crippen LogP contribution is 2.06. The topological polar surface area (TPSA) is 151 Å². The first kappa shape index (κ1) is 8.14. The molecule has 0 fully saturated rings. The van der Waals surface area contributed by atoms with Crippen LogP contribution in [-0.4, -0.2) is 9.66 Å². The summed E-state index contributed by atoms with van der Waals surface area (Å²) in [7, 11) is 0. The zero-order valence-corrected chi connectivity index (χ0v) is 6.11. The van der Waals surface area contributed by atoms with Gasteiger partial charge in [-0.05, 0) is 0 Å². The second-order valence-electron chi connectivity index (χ2n) is 2.05. The van der Waals surface area contributed by atoms with Crippen molar-refractivity contribution in [1.29, 1.82) is 0 Å². The third kappa shape index (κ3) is 0.992. The molecule has 0 unspecified atom stereocenters. The van der Waals surface area contributed by atoms with Crippen LogP contribution in [0, 0.1) is 0 Å². The van der Waals surface area contributed by atoms with Gasteiger partial charge in [0.15, 0.2) is 5.82 Å². The summed E-state index contributed by atoms with van der Waals surface area (Å²) in [5, 5.41) is 0. The molecule has 9 N–H and O–H groups in total. The van der Waals surface area contributed by atoms with Crippen molar-refractivity contribution in [3.05, 3.63) is 10.4 Å². The van der Waals surface area contributed by atoms with Crippen molar-refractivity contribution in [2.45, 2.75) is 0 Å². The molecule has 1 heterocycles. The first-order chi connectivity index (χ1) is 5.57. The Morgan fingerprint density at radius 2 is 2.00 bits per heavy atom. The molecule has 12 heavy (non-hydrogen) atoms. The third-order valence-electron chi connectivity index (χ3n) is 1.31. The normalized spacial score (nSPS) is 9.75. The Labute approximate surface area is 67.1 Å². The van der Waals surface area contributed by atoms with E-state index in [0.717, 1.165) is 0 Å². The molecule has 0 atom stereocenters. The second kappa shape index (κ2) is 2.58. The molecule has 0 aliphatic rings. The van der Waals surface area contributed by atoms with Crippen LogP contribution < -0.4 is 34.1 Å². The maximum atomic E-state index is 11.1. The molecule has 0 aliphatic heterocycles. The Balaban J connectivity index is 3.50. The van der Waals surface area contributed by atoms with E-state index >= 15 is 0 Å². The van der Waals surface area contributed by atoms with Crippen LogP contribution in [0.5, 0.6) is 0 Å². The molecule has 8 heteroatoms. The Hall–Kier alpha value is -1.96. The molecule has 0 amide bonds. The van der Waals surface area contributed by atoms with E-state index < -0.39 is 5.56 Å². The molecule has 0 radical (unpaired) electrons. The Morgan fingerprint density at radius 3 is 2.50 bits per heavy atom. The van der Waals surface area contributed by atoms with Crippen molar-refractivity contribution < 1.29 is 0 Å². The SMILES string of the molecule is NNc1nc(N)c(N)c(=O)n1N. The Bertz CT molecular complexity index is 355. The minimum atomic E-state index is -0.643. The number of hydrazine groups is 1. The maximum Gasteiger partial charge on any atom is 0.298 e. The van der Waals surface area contributed by atoms with Gasteiger partial charge in [0.2, 0.25) is 5.95 Å². The van der Waals surface area contributed by atoms with Gasteiger partial charge in [0.25, 0.3) is 5.56 Å². The Morgan fingerprint density at radius 1 is 1.42 bits per heavy atom. The van der Waals surface area contributed by atoms with Crippen molar-refractivity contribution in [3.63, 3.8) is 0 Å². The number of hydrogen-bond acceptors (Lipinski definition) is 7. The first-order valence-electron chi connectivity index (χ1n) is 2.97. The lowest BCUT2D eigenvalue weighted by Crippen LogP contribution is -2.34. The van der Waals surface area contributed by atoms with Gasteiger partial charge in [-0.2, -0.15) is 9.66 Å². The molecule has 0 aromatic carbocycles. The van der Waals surface area contributed by atoms with Gasteiger partial charge in [0, 0.05) is 0 Å². The average Bonchev–Trinajstić information content (AvgIpc) is 2.08. The van der Waals surface area contributed by atoms with Gasteiger partial charge < -0.3 is 17.3 Å². The predicted molar refractivity (Wildman–Crippen MR) is 45.3 cm³/mol. The molecule has 1 aromatic rings. The lowest BCUT2D eigenvalue weighted by Gasteiger charge is -2.07. The molecular formula is C4H9N7O. The minimum absolute atomic E-state index is 0.0494. The molecule has 66 valence electrons. The number of nitrogens with zero attached hydrogens (tertiary/aromatic N) is 2. The quantitative estimate of drug-likeness (QED) is 0.229. The maximum absolute atomic E-state index is 11.1. The molecule has 0 saturated carbocycles. The number of rotatable bonds is 1. The molecule has 0 bridgehead atoms. The number of nitrogen functional groups attached to an aromatic ring is 4. The number of nitrogens with two attached hydrogens (primary N) is 4. The van der Waals surface area contributed by atoms with Crippen molar-refractivity contribution in [2.75, 3.05) is 22.7 Å². The fourth-order valence-electron chi connectivity index (χ4n) is 0.666. The van der Waals surface area contributed by atoms with E-state index in [9.17, 15) is 4.79 Å². The summed E-state index contributed by atoms with van der Waals surface area (Å²) in [4.78, 5) is 14.7. The number of aromatic nitrogens is 2. The molecule has 0 spiro atoms. The fourth-order valence-corrected chi connectivity index (χ4v) is 0.666. The largest absolute Gasteiger partial charge is 0.391 e. The summed E-state index contributed by atoms with van der Waals surface area (Å²) in [6.07, 6.45) is 0. The second-order valence-corrected chi connectivity index (χ2v) is 2.05. The van der Waals surface area contributed by atoms with Crippen LogP contribution in [0.3, 0.4) is 0 Å². The van der Waals surface area contributed by atoms with Crippen molar-refractivity contribution in [2.24, 2.45) is 5.84 Å². The highest BCUT2D eigenvalue weighted by molar-refractivity contribution is 5.58. The third-order valence-corrected chi connectivity index (χ3v) is 1.31. The zero-order chi connectivity index (χ0) is 9.30. The van der Waals surface area contributed by atoms with E-state index in [1.54, 1.807) is 0 Å². The van der Waals surface area contributed by atoms with Gasteiger partial charge in [0.1, 0.15) is 5.69 Å². The predicted octanol–water partition coefficient (Wildman–Crippen LogP) is -2.59. The smallest absolute Gasteiger partial charge is 0.298 e. The molecule has 1 rings (SSSR count). The minimum Gasteiger partial charge on any atom is -0.391 e. The molecule has 1 aromatic heterocycles. The number of hydrogen-bond donors (Lipinski definition) is 5. The first-order valence-corrected chi connectivity index (χ1v) is 2.97. The molecule has 0 aliphatic carbocycles. The van der Waals surface area contributed by atoms with E-state index in [1.165, 1.54) is 0 Å². The van der Waals surface area contributed by atoms with Gasteiger partial charge in [-0.3, -0.25) is 10.2 Å². The van der Waals surface area contributed by atoms with Crippen LogP contribution in [-0.2, 0) is 0 Å². The average molecular weight is 171 g/mol. The lowest BCUT2D eigenvalue weighted by molar-refractivity contribution is 0.898. The Kier molecular flexibility index (Phi) is 1.75. The summed E-state index contributed by atoms with van der Waals surface area (Å²) in [5.41, 5.74) is 11.8. The van der Waals surface area contributed by atoms with Crippen molar-refractivity contribution in [3.8, 4) is 0 Å². The number of anilines is 3. The van der Waals surface area contributed by atoms with Crippen LogP contribution in [0.1, 0.15) is 0 Å². The summed E-state index contributed by atoms with van der Waals surface area (Å²) >= 11 is 0. The molecule has 0 saturated heterocycles. The van der Waals surface area contributed by atoms with E-state index in [0.29, 0.717) is 4.68 Å². The number of nitrogens with one attached hydrogen (secondary N) is 1. The highest BCUT2D eigenvalue weighted by Gasteiger charge is 2.08. The van der Waals surface area contributed by atoms with E-state index in [-0.39, 0.29) is 17.5 Å². The van der Waals surface area contributed by atoms with Gasteiger partial charge in [-0.15, -0.1) is 0 Å². The summed E-state index contributed by atoms with van der Waals surface area (Å²) < 4.78 is 0.672. The van der Waals surface area contributed by atoms with E-state index in [4.69, 9.17) is 23.2 Å². The van der Waals surface area contributed by atoms with Crippen LogP contribution in [0.4, 0.5) is 17.5 Å². The van der Waals surface area contributed by atoms with Crippen LogP contribution >= 0.6 is 0 Å². The molecule has 8 nitrogen and oxygen atoms in total. The molecular weight excluding hydrogens is 162 g/mol. The van der Waals surface area contributed by atoms with Gasteiger partial charge in [-0.1, -0.05) is 0 Å². The standard InChI is InChI=1S/C4H9N7O/c5-1-2(6)9-4(10-7)11(8)3(1)12/h5-8H2,(H,9,10). The van der Waals surface area contributed by atoms with Gasteiger partial charge >= 0.3 is 0 Å². The van der Waals surface area contributed by atoms with Gasteiger partial charge in [-0.25, -0.2) is 5.84 Å². The van der Waals surface area contributed by atoms with E-state index in [1.807, 2.05) is 0 Å². The van der Waals surface area contributed by atoms with Crippen LogP contribution in [0.2, 0.25) is 0 Å². The fraction of sp³-hybridized carbons (Fsp3) is 0. The van der Waals surface area contributed by atoms with Crippen molar-refractivity contribution >= 4 is 17.5 Å².